The van der Waals surface area contributed by atoms with E-state index in [1.807, 2.05) is 0 Å². The number of hydrogen-bond donors (Lipinski definition) is 3. The largest absolute Gasteiger partial charge is 0.491 e. The van der Waals surface area contributed by atoms with Crippen molar-refractivity contribution in [2.75, 3.05) is 11.9 Å². The van der Waals surface area contributed by atoms with E-state index in [9.17, 15) is 27.6 Å². The lowest BCUT2D eigenvalue weighted by atomic mass is 9.83. The van der Waals surface area contributed by atoms with Crippen LogP contribution in [0.5, 0.6) is 0 Å². The number of amides is 2. The highest BCUT2D eigenvalue weighted by molar-refractivity contribution is 6.07. The molecule has 0 bridgehead atoms. The Morgan fingerprint density at radius 2 is 1.61 bits per heavy atom. The molecular formula is C32H35F3N4O5. The molecule has 4 N–H and O–H groups in total. The number of anilines is 1. The number of halogens is 3. The van der Waals surface area contributed by atoms with Gasteiger partial charge in [0.2, 0.25) is 5.72 Å². The van der Waals surface area contributed by atoms with Crippen molar-refractivity contribution < 1.29 is 37.0 Å². The minimum atomic E-state index is -5.30. The third kappa shape index (κ3) is 6.95. The Morgan fingerprint density at radius 3 is 2.18 bits per heavy atom. The fraction of sp³-hybridized carbons (Fsp3) is 0.375. The smallest absolute Gasteiger partial charge is 0.444 e. The van der Waals surface area contributed by atoms with Gasteiger partial charge < -0.3 is 20.5 Å². The summed E-state index contributed by atoms with van der Waals surface area (Å²) < 4.78 is 51.4. The molecule has 0 fully saturated rings. The minimum Gasteiger partial charge on any atom is -0.444 e. The van der Waals surface area contributed by atoms with Crippen LogP contribution < -0.4 is 11.1 Å². The van der Waals surface area contributed by atoms with E-state index in [1.54, 1.807) is 77.1 Å². The average molecular weight is 613 g/mol. The highest BCUT2D eigenvalue weighted by Crippen LogP contribution is 2.44. The first-order valence-electron chi connectivity index (χ1n) is 14.0. The van der Waals surface area contributed by atoms with Crippen LogP contribution in [0.4, 0.5) is 23.7 Å². The molecule has 2 amide bonds. The average Bonchev–Trinajstić information content (AvgIpc) is 2.90. The molecule has 0 spiro atoms. The van der Waals surface area contributed by atoms with Gasteiger partial charge in [-0.25, -0.2) is 9.59 Å². The molecule has 3 aromatic carbocycles. The van der Waals surface area contributed by atoms with Gasteiger partial charge >= 0.3 is 18.2 Å². The normalized spacial score (nSPS) is 16.8. The van der Waals surface area contributed by atoms with Crippen molar-refractivity contribution in [1.29, 1.82) is 5.41 Å². The molecule has 0 aliphatic carbocycles. The van der Waals surface area contributed by atoms with Crippen molar-refractivity contribution in [1.82, 2.24) is 4.90 Å². The Kier molecular flexibility index (Phi) is 8.68. The van der Waals surface area contributed by atoms with Gasteiger partial charge in [-0.1, -0.05) is 38.1 Å². The summed E-state index contributed by atoms with van der Waals surface area (Å²) >= 11 is 0. The molecule has 0 saturated heterocycles. The fourth-order valence-electron chi connectivity index (χ4n) is 5.27. The molecule has 0 aromatic heterocycles. The van der Waals surface area contributed by atoms with Gasteiger partial charge in [-0.3, -0.25) is 15.1 Å². The Hall–Kier alpha value is -4.61. The first kappa shape index (κ1) is 32.3. The Bertz CT molecular complexity index is 1630. The highest BCUT2D eigenvalue weighted by atomic mass is 19.4. The zero-order chi connectivity index (χ0) is 32.6. The molecule has 12 heteroatoms. The number of hydrogen-bond acceptors (Lipinski definition) is 6. The lowest BCUT2D eigenvalue weighted by Gasteiger charge is -2.47. The Balaban J connectivity index is 1.71. The number of ether oxygens (including phenoxy) is 2. The van der Waals surface area contributed by atoms with Crippen LogP contribution in [0.1, 0.15) is 68.1 Å². The van der Waals surface area contributed by atoms with Crippen molar-refractivity contribution in [3.63, 3.8) is 0 Å². The third-order valence-electron chi connectivity index (χ3n) is 7.03. The van der Waals surface area contributed by atoms with Crippen molar-refractivity contribution >= 4 is 40.3 Å². The zero-order valence-electron chi connectivity index (χ0n) is 25.1. The quantitative estimate of drug-likeness (QED) is 0.166. The van der Waals surface area contributed by atoms with E-state index in [1.165, 1.54) is 12.1 Å². The van der Waals surface area contributed by atoms with Crippen molar-refractivity contribution in [2.24, 2.45) is 11.7 Å². The highest BCUT2D eigenvalue weighted by Gasteiger charge is 2.54. The predicted octanol–water partition coefficient (Wildman–Crippen LogP) is 6.47. The van der Waals surface area contributed by atoms with Gasteiger partial charge in [0, 0.05) is 35.3 Å². The molecule has 44 heavy (non-hydrogen) atoms. The van der Waals surface area contributed by atoms with Crippen LogP contribution in [0.15, 0.2) is 54.6 Å². The fourth-order valence-corrected chi connectivity index (χ4v) is 5.27. The number of nitrogen functional groups attached to an aromatic ring is 1. The maximum Gasteiger partial charge on any atom is 0.491 e. The van der Waals surface area contributed by atoms with Gasteiger partial charge in [0.25, 0.3) is 5.91 Å². The first-order valence-corrected chi connectivity index (χ1v) is 14.0. The minimum absolute atomic E-state index is 0.0686. The summed E-state index contributed by atoms with van der Waals surface area (Å²) in [4.78, 5) is 39.8. The molecule has 1 heterocycles. The lowest BCUT2D eigenvalue weighted by molar-refractivity contribution is -0.236. The standard InChI is InChI=1S/C32H35F3N4O5/c1-18(2)17-31(43-28(41)32(33,34)35)25-11-10-24(16-21(25)12-13-39(31)29(42)44-30(3,4)5)38-27(40)23-9-7-19-14-22(26(36)37)8-6-20(19)15-23/h6-11,14-16,18H,12-13,17H2,1-5H3,(H3,36,37)(H,38,40). The topological polar surface area (TPSA) is 135 Å². The number of rotatable bonds is 6. The Morgan fingerprint density at radius 1 is 1.00 bits per heavy atom. The molecule has 1 atom stereocenters. The number of carbonyl (C=O) groups excluding carboxylic acids is 3. The summed E-state index contributed by atoms with van der Waals surface area (Å²) in [6.07, 6.45) is -6.14. The second-order valence-corrected chi connectivity index (χ2v) is 12.2. The van der Waals surface area contributed by atoms with Crippen LogP contribution in [-0.2, 0) is 26.4 Å². The number of alkyl halides is 3. The lowest BCUT2D eigenvalue weighted by Crippen LogP contribution is -2.58. The SMILES string of the molecule is CC(C)CC1(OC(=O)C(F)(F)F)c2ccc(NC(=O)c3ccc4cc(C(=N)N)ccc4c3)cc2CCN1C(=O)OC(C)(C)C. The van der Waals surface area contributed by atoms with E-state index in [4.69, 9.17) is 20.6 Å². The van der Waals surface area contributed by atoms with Crippen molar-refractivity contribution in [3.05, 3.63) is 76.9 Å². The molecule has 1 unspecified atom stereocenters. The van der Waals surface area contributed by atoms with Crippen LogP contribution in [0.3, 0.4) is 0 Å². The number of fused-ring (bicyclic) bond motifs is 2. The maximum absolute atomic E-state index is 13.5. The summed E-state index contributed by atoms with van der Waals surface area (Å²) in [6, 6.07) is 14.8. The predicted molar refractivity (Wildman–Crippen MR) is 159 cm³/mol. The van der Waals surface area contributed by atoms with Gasteiger partial charge in [0.05, 0.1) is 0 Å². The van der Waals surface area contributed by atoms with E-state index in [-0.39, 0.29) is 36.7 Å². The zero-order valence-corrected chi connectivity index (χ0v) is 25.1. The number of amidine groups is 1. The molecule has 9 nitrogen and oxygen atoms in total. The molecule has 0 radical (unpaired) electrons. The summed E-state index contributed by atoms with van der Waals surface area (Å²) in [7, 11) is 0. The van der Waals surface area contributed by atoms with Crippen molar-refractivity contribution in [2.45, 2.75) is 65.0 Å². The maximum atomic E-state index is 13.5. The van der Waals surface area contributed by atoms with Crippen LogP contribution in [0.2, 0.25) is 0 Å². The van der Waals surface area contributed by atoms with Crippen LogP contribution in [-0.4, -0.2) is 47.0 Å². The summed E-state index contributed by atoms with van der Waals surface area (Å²) in [5, 5.41) is 12.0. The number of nitrogens with two attached hydrogens (primary N) is 1. The van der Waals surface area contributed by atoms with Gasteiger partial charge in [0.1, 0.15) is 11.4 Å². The van der Waals surface area contributed by atoms with E-state index < -0.39 is 35.5 Å². The molecule has 1 aliphatic rings. The second kappa shape index (κ2) is 11.8. The molecule has 4 rings (SSSR count). The number of esters is 1. The monoisotopic (exact) mass is 612 g/mol. The van der Waals surface area contributed by atoms with Crippen molar-refractivity contribution in [3.8, 4) is 0 Å². The number of nitrogens with one attached hydrogen (secondary N) is 2. The second-order valence-electron chi connectivity index (χ2n) is 12.2. The van der Waals surface area contributed by atoms with Gasteiger partial charge in [0.15, 0.2) is 0 Å². The molecule has 1 aliphatic heterocycles. The molecule has 234 valence electrons. The van der Waals surface area contributed by atoms with E-state index in [0.29, 0.717) is 22.4 Å². The molecule has 3 aromatic rings. The molecular weight excluding hydrogens is 577 g/mol. The number of nitrogens with zero attached hydrogens (tertiary/aromatic N) is 1. The Labute approximate surface area is 253 Å². The van der Waals surface area contributed by atoms with Crippen LogP contribution in [0.25, 0.3) is 10.8 Å². The van der Waals surface area contributed by atoms with E-state index >= 15 is 0 Å². The number of benzene rings is 3. The summed E-state index contributed by atoms with van der Waals surface area (Å²) in [5.74, 6) is -3.22. The molecule has 0 saturated carbocycles. The summed E-state index contributed by atoms with van der Waals surface area (Å²) in [6.45, 7) is 8.27. The van der Waals surface area contributed by atoms with E-state index in [2.05, 4.69) is 5.32 Å². The van der Waals surface area contributed by atoms with Crippen LogP contribution in [0, 0.1) is 11.3 Å². The third-order valence-corrected chi connectivity index (χ3v) is 7.03. The summed E-state index contributed by atoms with van der Waals surface area (Å²) in [5.41, 5.74) is 4.50. The van der Waals surface area contributed by atoms with Crippen LogP contribution >= 0.6 is 0 Å². The van der Waals surface area contributed by atoms with Gasteiger partial charge in [-0.05, 0) is 79.8 Å². The van der Waals surface area contributed by atoms with Gasteiger partial charge in [-0.2, -0.15) is 13.2 Å². The van der Waals surface area contributed by atoms with E-state index in [0.717, 1.165) is 15.7 Å². The first-order chi connectivity index (χ1) is 20.4. The van der Waals surface area contributed by atoms with Gasteiger partial charge in [-0.15, -0.1) is 0 Å². The number of carbonyl (C=O) groups is 3.